The van der Waals surface area contributed by atoms with E-state index in [0.717, 1.165) is 29.0 Å². The van der Waals surface area contributed by atoms with E-state index in [0.29, 0.717) is 39.0 Å². The standard InChI is InChI=1S/C42H59N3O10/c1-26(9-16-38-27(2)21-37(30(5)54-38)45-40(49)18-11-28(3)53-32(7)47)10-17-39-41(50)42(25-52-42)23-36(55-39)22-34(48)24-44-29(4)33-12-14-35(15-13-33)51-20-8-19-43-31(6)46/h9-15,17-18,27-28,30,36-39,41,50H,8,16,19-25H2,1-7H3,(H,43,46)(H,45,49)/b17-10+,18-11-,26-9+,44-29?/t27-,28-,30+,36+,37+,38-,39+,41+,42+/m0/s1. The molecule has 3 heterocycles. The van der Waals surface area contributed by atoms with Crippen molar-refractivity contribution in [3.63, 3.8) is 0 Å². The average Bonchev–Trinajstić information content (AvgIpc) is 3.90. The molecule has 0 aromatic heterocycles. The van der Waals surface area contributed by atoms with Crippen molar-refractivity contribution in [2.75, 3.05) is 26.3 Å². The molecule has 3 N–H and O–H groups in total. The normalized spacial score (nSPS) is 28.9. The highest BCUT2D eigenvalue weighted by atomic mass is 16.6. The molecule has 0 radical (unpaired) electrons. The van der Waals surface area contributed by atoms with Gasteiger partial charge in [-0.1, -0.05) is 30.7 Å². The topological polar surface area (TPSA) is 174 Å². The number of hydrogen-bond acceptors (Lipinski definition) is 11. The van der Waals surface area contributed by atoms with Gasteiger partial charge in [-0.15, -0.1) is 0 Å². The van der Waals surface area contributed by atoms with Gasteiger partial charge >= 0.3 is 5.97 Å². The van der Waals surface area contributed by atoms with Crippen molar-refractivity contribution in [3.8, 4) is 5.75 Å². The Hall–Kier alpha value is -4.17. The number of ether oxygens (including phenoxy) is 5. The highest BCUT2D eigenvalue weighted by molar-refractivity contribution is 6.00. The van der Waals surface area contributed by atoms with Crippen LogP contribution in [0.2, 0.25) is 0 Å². The number of epoxide rings is 1. The van der Waals surface area contributed by atoms with Crippen molar-refractivity contribution in [1.82, 2.24) is 10.6 Å². The third kappa shape index (κ3) is 14.1. The van der Waals surface area contributed by atoms with Gasteiger partial charge in [-0.3, -0.25) is 24.2 Å². The zero-order chi connectivity index (χ0) is 40.1. The van der Waals surface area contributed by atoms with Crippen LogP contribution in [0.5, 0.6) is 5.75 Å². The van der Waals surface area contributed by atoms with Crippen LogP contribution in [0.25, 0.3) is 0 Å². The van der Waals surface area contributed by atoms with E-state index >= 15 is 0 Å². The van der Waals surface area contributed by atoms with Crippen molar-refractivity contribution >= 4 is 29.3 Å². The Kier molecular flexibility index (Phi) is 16.4. The fourth-order valence-corrected chi connectivity index (χ4v) is 6.82. The molecular weight excluding hydrogens is 706 g/mol. The van der Waals surface area contributed by atoms with Crippen LogP contribution in [0.4, 0.5) is 0 Å². The monoisotopic (exact) mass is 765 g/mol. The second kappa shape index (κ2) is 20.7. The van der Waals surface area contributed by atoms with Crippen LogP contribution in [-0.4, -0.2) is 109 Å². The summed E-state index contributed by atoms with van der Waals surface area (Å²) < 4.78 is 29.0. The predicted octanol–water partition coefficient (Wildman–Crippen LogP) is 4.35. The maximum atomic E-state index is 13.0. The Bertz CT molecular complexity index is 1600. The summed E-state index contributed by atoms with van der Waals surface area (Å²) in [6.07, 6.45) is 8.95. The lowest BCUT2D eigenvalue weighted by molar-refractivity contribution is -0.144. The smallest absolute Gasteiger partial charge is 0.303 e. The fourth-order valence-electron chi connectivity index (χ4n) is 6.82. The van der Waals surface area contributed by atoms with Gasteiger partial charge in [0.25, 0.3) is 0 Å². The summed E-state index contributed by atoms with van der Waals surface area (Å²) in [6.45, 7) is 13.9. The summed E-state index contributed by atoms with van der Waals surface area (Å²) >= 11 is 0. The zero-order valence-electron chi connectivity index (χ0n) is 33.2. The SMILES string of the molecule is CC(=O)NCCCOc1ccc(C(C)=NCC(=O)C[C@@H]2C[C@@]3(CO3)[C@H](O)[C@@H](/C=C/C(C)=C/C[C@@H]3O[C@H](C)[C@H](NC(=O)/C=C\[C@H](C)OC(C)=O)C[C@@H]3C)O2)cc1. The number of ketones is 1. The molecule has 3 fully saturated rings. The summed E-state index contributed by atoms with van der Waals surface area (Å²) in [4.78, 5) is 52.1. The van der Waals surface area contributed by atoms with Crippen LogP contribution in [0, 0.1) is 5.92 Å². The molecule has 2 amide bonds. The molecule has 1 spiro atoms. The van der Waals surface area contributed by atoms with Gasteiger partial charge < -0.3 is 39.4 Å². The van der Waals surface area contributed by atoms with Crippen LogP contribution < -0.4 is 15.4 Å². The van der Waals surface area contributed by atoms with E-state index in [1.807, 2.05) is 57.2 Å². The van der Waals surface area contributed by atoms with Gasteiger partial charge in [0.2, 0.25) is 11.8 Å². The van der Waals surface area contributed by atoms with Crippen LogP contribution in [0.15, 0.2) is 65.2 Å². The largest absolute Gasteiger partial charge is 0.494 e. The number of aliphatic imine (C=N–C) groups is 1. The number of amides is 2. The minimum Gasteiger partial charge on any atom is -0.494 e. The van der Waals surface area contributed by atoms with Gasteiger partial charge in [0.05, 0.1) is 44.1 Å². The lowest BCUT2D eigenvalue weighted by atomic mass is 9.87. The first-order valence-corrected chi connectivity index (χ1v) is 19.3. The van der Waals surface area contributed by atoms with Crippen LogP contribution in [0.1, 0.15) is 86.1 Å². The van der Waals surface area contributed by atoms with Crippen LogP contribution in [-0.2, 0) is 38.1 Å². The lowest BCUT2D eigenvalue weighted by Gasteiger charge is -2.39. The van der Waals surface area contributed by atoms with E-state index < -0.39 is 36.0 Å². The van der Waals surface area contributed by atoms with E-state index in [2.05, 4.69) is 28.6 Å². The Labute approximate surface area is 324 Å². The summed E-state index contributed by atoms with van der Waals surface area (Å²) in [6, 6.07) is 7.37. The first kappa shape index (κ1) is 43.6. The van der Waals surface area contributed by atoms with Crippen molar-refractivity contribution in [2.45, 2.75) is 129 Å². The van der Waals surface area contributed by atoms with E-state index in [9.17, 15) is 24.3 Å². The minimum atomic E-state index is -0.846. The van der Waals surface area contributed by atoms with Crippen molar-refractivity contribution < 1.29 is 48.0 Å². The molecule has 0 saturated carbocycles. The lowest BCUT2D eigenvalue weighted by Crippen LogP contribution is -2.50. The first-order chi connectivity index (χ1) is 26.1. The van der Waals surface area contributed by atoms with E-state index in [1.165, 1.54) is 19.9 Å². The summed E-state index contributed by atoms with van der Waals surface area (Å²) in [5.41, 5.74) is 1.91. The number of Topliss-reactive ketones (excluding diaryl/α,β-unsaturated/α-hetero) is 1. The number of carbonyl (C=O) groups excluding carboxylic acids is 4. The van der Waals surface area contributed by atoms with Gasteiger partial charge in [-0.2, -0.15) is 0 Å². The molecule has 0 bridgehead atoms. The molecule has 4 rings (SSSR count). The molecule has 0 unspecified atom stereocenters. The molecule has 1 aromatic carbocycles. The second-order valence-corrected chi connectivity index (χ2v) is 15.0. The van der Waals surface area contributed by atoms with Crippen molar-refractivity contribution in [2.24, 2.45) is 10.9 Å². The van der Waals surface area contributed by atoms with Gasteiger partial charge in [0, 0.05) is 45.0 Å². The number of aliphatic hydroxyl groups is 1. The average molecular weight is 766 g/mol. The third-order valence-electron chi connectivity index (χ3n) is 10.1. The molecular formula is C42H59N3O10. The van der Waals surface area contributed by atoms with E-state index in [-0.39, 0.29) is 54.7 Å². The van der Waals surface area contributed by atoms with Crippen molar-refractivity contribution in [1.29, 1.82) is 0 Å². The molecule has 1 aromatic rings. The number of carbonyl (C=O) groups is 4. The Morgan fingerprint density at radius 1 is 1.07 bits per heavy atom. The third-order valence-corrected chi connectivity index (χ3v) is 10.1. The number of nitrogens with zero attached hydrogens (tertiary/aromatic N) is 1. The molecule has 302 valence electrons. The first-order valence-electron chi connectivity index (χ1n) is 19.3. The number of rotatable bonds is 18. The molecule has 13 nitrogen and oxygen atoms in total. The molecule has 9 atom stereocenters. The molecule has 3 aliphatic heterocycles. The second-order valence-electron chi connectivity index (χ2n) is 15.0. The number of hydrogen-bond donors (Lipinski definition) is 3. The molecule has 3 aliphatic rings. The molecule has 3 saturated heterocycles. The molecule has 0 aliphatic carbocycles. The van der Waals surface area contributed by atoms with E-state index in [4.69, 9.17) is 23.7 Å². The molecule has 13 heteroatoms. The number of nitrogens with one attached hydrogen (secondary N) is 2. The zero-order valence-corrected chi connectivity index (χ0v) is 33.2. The quantitative estimate of drug-likeness (QED) is 0.0487. The number of benzene rings is 1. The summed E-state index contributed by atoms with van der Waals surface area (Å²) in [5, 5.41) is 16.8. The maximum absolute atomic E-state index is 13.0. The number of aliphatic hydroxyl groups excluding tert-OH is 1. The van der Waals surface area contributed by atoms with Crippen molar-refractivity contribution in [3.05, 3.63) is 65.8 Å². The molecule has 55 heavy (non-hydrogen) atoms. The van der Waals surface area contributed by atoms with Gasteiger partial charge in [-0.25, -0.2) is 0 Å². The number of esters is 1. The summed E-state index contributed by atoms with van der Waals surface area (Å²) in [5.74, 6) is 0.132. The van der Waals surface area contributed by atoms with Crippen LogP contribution in [0.3, 0.4) is 0 Å². The van der Waals surface area contributed by atoms with Crippen LogP contribution >= 0.6 is 0 Å². The fraction of sp³-hybridized carbons (Fsp3) is 0.595. The van der Waals surface area contributed by atoms with Gasteiger partial charge in [0.15, 0.2) is 5.78 Å². The Morgan fingerprint density at radius 2 is 1.80 bits per heavy atom. The van der Waals surface area contributed by atoms with Gasteiger partial charge in [0.1, 0.15) is 29.7 Å². The highest BCUT2D eigenvalue weighted by Gasteiger charge is 2.58. The van der Waals surface area contributed by atoms with E-state index in [1.54, 1.807) is 13.0 Å². The summed E-state index contributed by atoms with van der Waals surface area (Å²) in [7, 11) is 0. The number of allylic oxidation sites excluding steroid dienone is 2. The Morgan fingerprint density at radius 3 is 2.47 bits per heavy atom. The Balaban J connectivity index is 1.23. The minimum absolute atomic E-state index is 0.0211. The van der Waals surface area contributed by atoms with Gasteiger partial charge in [-0.05, 0) is 88.8 Å². The highest BCUT2D eigenvalue weighted by Crippen LogP contribution is 2.43. The predicted molar refractivity (Wildman–Crippen MR) is 208 cm³/mol. The maximum Gasteiger partial charge on any atom is 0.303 e.